The Labute approximate surface area is 180 Å². The number of methoxy groups -OCH3 is 1. The van der Waals surface area contributed by atoms with Crippen molar-refractivity contribution in [1.29, 1.82) is 0 Å². The molecule has 0 saturated carbocycles. The number of sulfone groups is 1. The average Bonchev–Trinajstić information content (AvgIpc) is 3.02. The van der Waals surface area contributed by atoms with E-state index in [2.05, 4.69) is 0 Å². The minimum atomic E-state index is -3.46. The van der Waals surface area contributed by atoms with Crippen LogP contribution >= 0.6 is 11.8 Å². The summed E-state index contributed by atoms with van der Waals surface area (Å²) in [5.41, 5.74) is 1.62. The summed E-state index contributed by atoms with van der Waals surface area (Å²) in [7, 11) is -2.01. The van der Waals surface area contributed by atoms with E-state index in [0.717, 1.165) is 10.5 Å². The highest BCUT2D eigenvalue weighted by atomic mass is 32.2. The minimum absolute atomic E-state index is 0.0409. The number of hydrogen-bond acceptors (Lipinski definition) is 6. The van der Waals surface area contributed by atoms with Gasteiger partial charge in [0.15, 0.2) is 9.84 Å². The zero-order valence-electron chi connectivity index (χ0n) is 16.3. The lowest BCUT2D eigenvalue weighted by Gasteiger charge is -2.16. The van der Waals surface area contributed by atoms with Crippen molar-refractivity contribution in [2.45, 2.75) is 21.6 Å². The van der Waals surface area contributed by atoms with Crippen molar-refractivity contribution in [3.63, 3.8) is 0 Å². The molecule has 0 bridgehead atoms. The molecule has 154 valence electrons. The van der Waals surface area contributed by atoms with Gasteiger partial charge in [0.25, 0.3) is 0 Å². The molecule has 0 aromatic heterocycles. The first-order chi connectivity index (χ1) is 14.5. The van der Waals surface area contributed by atoms with Crippen LogP contribution in [0.25, 0.3) is 0 Å². The number of carbonyl (C=O) groups is 1. The molecule has 1 heterocycles. The van der Waals surface area contributed by atoms with Gasteiger partial charge in [0, 0.05) is 10.5 Å². The molecule has 1 unspecified atom stereocenters. The van der Waals surface area contributed by atoms with Gasteiger partial charge in [-0.15, -0.1) is 11.8 Å². The number of thioether (sulfide) groups is 1. The van der Waals surface area contributed by atoms with Gasteiger partial charge in [-0.2, -0.15) is 0 Å². The number of hydrogen-bond donors (Lipinski definition) is 0. The van der Waals surface area contributed by atoms with Crippen molar-refractivity contribution in [2.75, 3.05) is 12.9 Å². The van der Waals surface area contributed by atoms with Crippen LogP contribution in [0.2, 0.25) is 0 Å². The molecular formula is C23H20O5S2. The molecule has 1 aliphatic rings. The molecule has 0 N–H and O–H groups in total. The second kappa shape index (κ2) is 8.53. The first-order valence-corrected chi connectivity index (χ1v) is 11.9. The van der Waals surface area contributed by atoms with Gasteiger partial charge in [-0.1, -0.05) is 48.5 Å². The summed E-state index contributed by atoms with van der Waals surface area (Å²) >= 11 is 1.45. The standard InChI is InChI=1S/C23H20O5S2/c1-27-22-18(23(24)28-14-16-8-4-2-5-9-16)12-13-20-21(22)19(15-30(20,25)26)29-17-10-6-3-7-11-17/h2-13,19H,14-15H2,1H3. The number of esters is 1. The van der Waals surface area contributed by atoms with Crippen LogP contribution in [0.5, 0.6) is 5.75 Å². The van der Waals surface area contributed by atoms with Gasteiger partial charge in [0.05, 0.1) is 23.0 Å². The summed E-state index contributed by atoms with van der Waals surface area (Å²) in [5.74, 6) is -0.327. The number of carbonyl (C=O) groups excluding carboxylic acids is 1. The van der Waals surface area contributed by atoms with Crippen LogP contribution in [-0.2, 0) is 21.2 Å². The van der Waals surface area contributed by atoms with Crippen LogP contribution < -0.4 is 4.74 Å². The highest BCUT2D eigenvalue weighted by Gasteiger charge is 2.39. The topological polar surface area (TPSA) is 69.7 Å². The third-order valence-corrected chi connectivity index (χ3v) is 8.08. The number of rotatable bonds is 6. The summed E-state index contributed by atoms with van der Waals surface area (Å²) in [4.78, 5) is 13.9. The predicted octanol–water partition coefficient (Wildman–Crippen LogP) is 4.67. The van der Waals surface area contributed by atoms with Crippen LogP contribution in [0.4, 0.5) is 0 Å². The maximum atomic E-state index is 12.8. The van der Waals surface area contributed by atoms with Crippen molar-refractivity contribution < 1.29 is 22.7 Å². The molecule has 3 aromatic rings. The number of fused-ring (bicyclic) bond motifs is 1. The second-order valence-corrected chi connectivity index (χ2v) is 10.1. The molecular weight excluding hydrogens is 420 g/mol. The van der Waals surface area contributed by atoms with Crippen LogP contribution in [0.1, 0.15) is 26.7 Å². The Morgan fingerprint density at radius 1 is 1.00 bits per heavy atom. The zero-order chi connectivity index (χ0) is 21.1. The molecule has 0 fully saturated rings. The van der Waals surface area contributed by atoms with Gasteiger partial charge in [-0.3, -0.25) is 0 Å². The Morgan fingerprint density at radius 3 is 2.33 bits per heavy atom. The van der Waals surface area contributed by atoms with E-state index in [1.807, 2.05) is 60.7 Å². The molecule has 1 atom stereocenters. The Morgan fingerprint density at radius 2 is 1.67 bits per heavy atom. The van der Waals surface area contributed by atoms with Gasteiger partial charge >= 0.3 is 5.97 Å². The van der Waals surface area contributed by atoms with Crippen LogP contribution in [0.15, 0.2) is 82.6 Å². The molecule has 0 amide bonds. The highest BCUT2D eigenvalue weighted by Crippen LogP contribution is 2.50. The molecule has 0 aliphatic carbocycles. The summed E-state index contributed by atoms with van der Waals surface area (Å²) in [6.45, 7) is 0.125. The van der Waals surface area contributed by atoms with E-state index < -0.39 is 15.8 Å². The Kier molecular flexibility index (Phi) is 5.83. The average molecular weight is 441 g/mol. The Balaban J connectivity index is 1.67. The summed E-state index contributed by atoms with van der Waals surface area (Å²) < 4.78 is 36.4. The molecule has 3 aromatic carbocycles. The normalized spacial score (nSPS) is 16.6. The molecule has 0 spiro atoms. The molecule has 7 heteroatoms. The molecule has 0 radical (unpaired) electrons. The fraction of sp³-hybridized carbons (Fsp3) is 0.174. The van der Waals surface area contributed by atoms with Gasteiger partial charge in [0.2, 0.25) is 0 Å². The van der Waals surface area contributed by atoms with Gasteiger partial charge in [-0.25, -0.2) is 13.2 Å². The number of ether oxygens (including phenoxy) is 2. The van der Waals surface area contributed by atoms with Gasteiger partial charge in [0.1, 0.15) is 17.9 Å². The summed E-state index contributed by atoms with van der Waals surface area (Å²) in [5, 5.41) is -0.371. The molecule has 1 aliphatic heterocycles. The van der Waals surface area contributed by atoms with Gasteiger partial charge < -0.3 is 9.47 Å². The largest absolute Gasteiger partial charge is 0.495 e. The minimum Gasteiger partial charge on any atom is -0.495 e. The van der Waals surface area contributed by atoms with Crippen molar-refractivity contribution in [3.05, 3.63) is 89.5 Å². The van der Waals surface area contributed by atoms with Gasteiger partial charge in [-0.05, 0) is 29.8 Å². The van der Waals surface area contributed by atoms with Crippen molar-refractivity contribution in [2.24, 2.45) is 0 Å². The predicted molar refractivity (Wildman–Crippen MR) is 116 cm³/mol. The monoisotopic (exact) mass is 440 g/mol. The van der Waals surface area contributed by atoms with Crippen LogP contribution in [0.3, 0.4) is 0 Å². The van der Waals surface area contributed by atoms with E-state index in [0.29, 0.717) is 5.56 Å². The fourth-order valence-corrected chi connectivity index (χ4v) is 6.94. The molecule has 4 rings (SSSR count). The lowest BCUT2D eigenvalue weighted by atomic mass is 10.1. The highest BCUT2D eigenvalue weighted by molar-refractivity contribution is 8.01. The molecule has 0 saturated heterocycles. The smallest absolute Gasteiger partial charge is 0.342 e. The Hall–Kier alpha value is -2.77. The summed E-state index contributed by atoms with van der Waals surface area (Å²) in [6.07, 6.45) is 0. The van der Waals surface area contributed by atoms with E-state index in [-0.39, 0.29) is 33.8 Å². The fourth-order valence-electron chi connectivity index (χ4n) is 3.47. The van der Waals surface area contributed by atoms with Crippen molar-refractivity contribution in [1.82, 2.24) is 0 Å². The van der Waals surface area contributed by atoms with E-state index in [4.69, 9.17) is 9.47 Å². The Bertz CT molecular complexity index is 1160. The second-order valence-electron chi connectivity index (χ2n) is 6.82. The van der Waals surface area contributed by atoms with E-state index in [1.165, 1.54) is 31.0 Å². The van der Waals surface area contributed by atoms with Crippen LogP contribution in [-0.4, -0.2) is 27.2 Å². The third-order valence-electron chi connectivity index (χ3n) is 4.84. The maximum Gasteiger partial charge on any atom is 0.342 e. The van der Waals surface area contributed by atoms with Crippen molar-refractivity contribution >= 4 is 27.6 Å². The third kappa shape index (κ3) is 4.08. The van der Waals surface area contributed by atoms with E-state index in [1.54, 1.807) is 0 Å². The first-order valence-electron chi connectivity index (χ1n) is 9.36. The lowest BCUT2D eigenvalue weighted by molar-refractivity contribution is 0.0468. The molecule has 5 nitrogen and oxygen atoms in total. The number of benzene rings is 3. The first kappa shape index (κ1) is 20.5. The SMILES string of the molecule is COc1c(C(=O)OCc2ccccc2)ccc2c1C(Sc1ccccc1)CS2(=O)=O. The summed E-state index contributed by atoms with van der Waals surface area (Å²) in [6, 6.07) is 21.9. The molecule has 30 heavy (non-hydrogen) atoms. The maximum absolute atomic E-state index is 12.8. The van der Waals surface area contributed by atoms with E-state index >= 15 is 0 Å². The zero-order valence-corrected chi connectivity index (χ0v) is 17.9. The van der Waals surface area contributed by atoms with E-state index in [9.17, 15) is 13.2 Å². The lowest BCUT2D eigenvalue weighted by Crippen LogP contribution is -2.09. The van der Waals surface area contributed by atoms with Crippen molar-refractivity contribution in [3.8, 4) is 5.75 Å². The van der Waals surface area contributed by atoms with Crippen LogP contribution in [0, 0.1) is 0 Å². The quantitative estimate of drug-likeness (QED) is 0.519.